The van der Waals surface area contributed by atoms with Crippen LogP contribution in [0.5, 0.6) is 0 Å². The second-order valence-corrected chi connectivity index (χ2v) is 5.32. The van der Waals surface area contributed by atoms with Crippen molar-refractivity contribution in [1.29, 1.82) is 0 Å². The molecule has 0 unspecified atom stereocenters. The molecule has 16 heavy (non-hydrogen) atoms. The summed E-state index contributed by atoms with van der Waals surface area (Å²) in [5, 5.41) is 0. The van der Waals surface area contributed by atoms with E-state index in [0.29, 0.717) is 5.56 Å². The number of hydrogen-bond donors (Lipinski definition) is 1. The Bertz CT molecular complexity index is 400. The molecule has 0 radical (unpaired) electrons. The van der Waals surface area contributed by atoms with Crippen molar-refractivity contribution in [1.82, 2.24) is 0 Å². The molecule has 0 aliphatic heterocycles. The van der Waals surface area contributed by atoms with Crippen molar-refractivity contribution in [3.8, 4) is 0 Å². The van der Waals surface area contributed by atoms with Gasteiger partial charge in [0.25, 0.3) is 0 Å². The fourth-order valence-corrected chi connectivity index (χ4v) is 2.70. The minimum atomic E-state index is -0.626. The first kappa shape index (κ1) is 12.0. The quantitative estimate of drug-likeness (QED) is 0.781. The summed E-state index contributed by atoms with van der Waals surface area (Å²) in [6.07, 6.45) is 4.68. The molecule has 1 aromatic rings. The van der Waals surface area contributed by atoms with Crippen molar-refractivity contribution in [3.63, 3.8) is 0 Å². The van der Waals surface area contributed by atoms with E-state index in [2.05, 4.69) is 15.9 Å². The highest BCUT2D eigenvalue weighted by atomic mass is 79.9. The van der Waals surface area contributed by atoms with Crippen LogP contribution in [0.25, 0.3) is 0 Å². The van der Waals surface area contributed by atoms with Gasteiger partial charge in [-0.15, -0.1) is 0 Å². The fourth-order valence-electron chi connectivity index (χ4n) is 2.36. The van der Waals surface area contributed by atoms with Crippen LogP contribution in [-0.4, -0.2) is 0 Å². The highest BCUT2D eigenvalue weighted by Crippen LogP contribution is 2.37. The topological polar surface area (TPSA) is 26.0 Å². The molecule has 1 saturated carbocycles. The third-order valence-corrected chi connectivity index (χ3v) is 3.90. The first-order valence-corrected chi connectivity index (χ1v) is 6.26. The van der Waals surface area contributed by atoms with Gasteiger partial charge in [0.15, 0.2) is 0 Å². The van der Waals surface area contributed by atoms with Gasteiger partial charge >= 0.3 is 0 Å². The summed E-state index contributed by atoms with van der Waals surface area (Å²) in [6.45, 7) is 0. The van der Waals surface area contributed by atoms with Crippen molar-refractivity contribution in [2.75, 3.05) is 0 Å². The van der Waals surface area contributed by atoms with Gasteiger partial charge in [-0.1, -0.05) is 19.3 Å². The Morgan fingerprint density at radius 3 is 2.31 bits per heavy atom. The normalized spacial score (nSPS) is 19.8. The number of rotatable bonds is 1. The predicted molar refractivity (Wildman–Crippen MR) is 63.0 cm³/mol. The molecule has 1 aliphatic carbocycles. The lowest BCUT2D eigenvalue weighted by atomic mass is 9.77. The van der Waals surface area contributed by atoms with E-state index in [1.54, 1.807) is 0 Å². The van der Waals surface area contributed by atoms with Crippen molar-refractivity contribution in [3.05, 3.63) is 33.8 Å². The highest BCUT2D eigenvalue weighted by molar-refractivity contribution is 9.10. The summed E-state index contributed by atoms with van der Waals surface area (Å²) < 4.78 is 27.1. The van der Waals surface area contributed by atoms with Gasteiger partial charge in [-0.2, -0.15) is 0 Å². The molecule has 1 nitrogen and oxygen atoms in total. The van der Waals surface area contributed by atoms with Crippen LogP contribution in [0.4, 0.5) is 8.78 Å². The summed E-state index contributed by atoms with van der Waals surface area (Å²) in [6, 6.07) is 2.39. The largest absolute Gasteiger partial charge is 0.321 e. The average Bonchev–Trinajstić information content (AvgIpc) is 2.24. The lowest BCUT2D eigenvalue weighted by molar-refractivity contribution is 0.292. The third kappa shape index (κ3) is 2.13. The maximum atomic E-state index is 13.7. The fraction of sp³-hybridized carbons (Fsp3) is 0.500. The molecule has 88 valence electrons. The first-order chi connectivity index (χ1) is 7.53. The predicted octanol–water partition coefficient (Wildman–Crippen LogP) is 3.85. The maximum absolute atomic E-state index is 13.7. The summed E-state index contributed by atoms with van der Waals surface area (Å²) >= 11 is 3.07. The van der Waals surface area contributed by atoms with Gasteiger partial charge in [-0.25, -0.2) is 8.78 Å². The second kappa shape index (κ2) is 4.41. The first-order valence-electron chi connectivity index (χ1n) is 5.47. The average molecular weight is 290 g/mol. The van der Waals surface area contributed by atoms with Gasteiger partial charge in [0.05, 0.1) is 4.47 Å². The second-order valence-electron chi connectivity index (χ2n) is 4.46. The zero-order valence-corrected chi connectivity index (χ0v) is 10.5. The number of halogens is 3. The summed E-state index contributed by atoms with van der Waals surface area (Å²) in [4.78, 5) is 0. The smallest absolute Gasteiger partial charge is 0.140 e. The minimum absolute atomic E-state index is 0.277. The van der Waals surface area contributed by atoms with Crippen molar-refractivity contribution >= 4 is 15.9 Å². The van der Waals surface area contributed by atoms with Gasteiger partial charge in [0.1, 0.15) is 11.6 Å². The molecule has 1 fully saturated rings. The molecular formula is C12H14BrF2N. The molecule has 2 N–H and O–H groups in total. The maximum Gasteiger partial charge on any atom is 0.140 e. The lowest BCUT2D eigenvalue weighted by Crippen LogP contribution is -2.39. The number of hydrogen-bond acceptors (Lipinski definition) is 1. The molecule has 0 heterocycles. The summed E-state index contributed by atoms with van der Waals surface area (Å²) in [7, 11) is 0. The molecule has 0 aromatic heterocycles. The monoisotopic (exact) mass is 289 g/mol. The Kier molecular flexibility index (Phi) is 3.31. The van der Waals surface area contributed by atoms with Gasteiger partial charge in [-0.3, -0.25) is 0 Å². The van der Waals surface area contributed by atoms with Crippen LogP contribution in [0.3, 0.4) is 0 Å². The molecule has 0 atom stereocenters. The Morgan fingerprint density at radius 2 is 1.69 bits per heavy atom. The third-order valence-electron chi connectivity index (χ3n) is 3.29. The van der Waals surface area contributed by atoms with E-state index in [9.17, 15) is 8.78 Å². The molecule has 0 saturated heterocycles. The molecule has 2 rings (SSSR count). The Morgan fingerprint density at radius 1 is 1.06 bits per heavy atom. The lowest BCUT2D eigenvalue weighted by Gasteiger charge is -2.34. The van der Waals surface area contributed by atoms with Gasteiger partial charge in [0.2, 0.25) is 0 Å². The molecule has 0 spiro atoms. The van der Waals surface area contributed by atoms with Gasteiger partial charge < -0.3 is 5.73 Å². The Hall–Kier alpha value is -0.480. The highest BCUT2D eigenvalue weighted by Gasteiger charge is 2.32. The van der Waals surface area contributed by atoms with Crippen molar-refractivity contribution in [2.45, 2.75) is 37.6 Å². The molecule has 0 amide bonds. The Balaban J connectivity index is 2.42. The van der Waals surface area contributed by atoms with E-state index in [1.165, 1.54) is 6.07 Å². The molecule has 0 bridgehead atoms. The summed E-state index contributed by atoms with van der Waals surface area (Å²) in [5.74, 6) is -1.12. The Labute approximate surface area is 102 Å². The number of nitrogens with two attached hydrogens (primary N) is 1. The van der Waals surface area contributed by atoms with E-state index in [0.717, 1.165) is 38.2 Å². The van der Waals surface area contributed by atoms with Crippen molar-refractivity contribution in [2.24, 2.45) is 5.73 Å². The van der Waals surface area contributed by atoms with E-state index >= 15 is 0 Å². The van der Waals surface area contributed by atoms with E-state index in [1.807, 2.05) is 0 Å². The molecule has 4 heteroatoms. The zero-order chi connectivity index (χ0) is 11.8. The van der Waals surface area contributed by atoms with Crippen LogP contribution in [0.15, 0.2) is 16.6 Å². The van der Waals surface area contributed by atoms with Crippen LogP contribution in [-0.2, 0) is 5.54 Å². The van der Waals surface area contributed by atoms with Crippen LogP contribution in [0, 0.1) is 11.6 Å². The van der Waals surface area contributed by atoms with Crippen LogP contribution < -0.4 is 5.73 Å². The van der Waals surface area contributed by atoms with E-state index < -0.39 is 17.2 Å². The SMILES string of the molecule is NC1(c2cc(Br)c(F)cc2F)CCCCC1. The van der Waals surface area contributed by atoms with Crippen LogP contribution in [0.1, 0.15) is 37.7 Å². The zero-order valence-electron chi connectivity index (χ0n) is 8.90. The van der Waals surface area contributed by atoms with Gasteiger partial charge in [-0.05, 0) is 34.8 Å². The standard InChI is InChI=1S/C12H14BrF2N/c13-9-6-8(10(14)7-11(9)15)12(16)4-2-1-3-5-12/h6-7H,1-5,16H2. The molecule has 1 aliphatic rings. The molecular weight excluding hydrogens is 276 g/mol. The molecule has 1 aromatic carbocycles. The van der Waals surface area contributed by atoms with Crippen LogP contribution >= 0.6 is 15.9 Å². The van der Waals surface area contributed by atoms with Gasteiger partial charge in [0, 0.05) is 17.2 Å². The van der Waals surface area contributed by atoms with Crippen molar-refractivity contribution < 1.29 is 8.78 Å². The minimum Gasteiger partial charge on any atom is -0.321 e. The van der Waals surface area contributed by atoms with E-state index in [4.69, 9.17) is 5.73 Å². The summed E-state index contributed by atoms with van der Waals surface area (Å²) in [5.41, 5.74) is 6.02. The van der Waals surface area contributed by atoms with E-state index in [-0.39, 0.29) is 4.47 Å². The number of benzene rings is 1. The van der Waals surface area contributed by atoms with Crippen LogP contribution in [0.2, 0.25) is 0 Å².